The Hall–Kier alpha value is -2.73. The van der Waals surface area contributed by atoms with Gasteiger partial charge in [-0.2, -0.15) is 0 Å². The van der Waals surface area contributed by atoms with Crippen LogP contribution in [-0.2, 0) is 16.0 Å². The minimum absolute atomic E-state index is 0.0438. The molecule has 1 aliphatic rings. The van der Waals surface area contributed by atoms with Crippen LogP contribution in [0.3, 0.4) is 0 Å². The number of halogens is 1. The van der Waals surface area contributed by atoms with E-state index in [1.165, 1.54) is 13.2 Å². The fraction of sp³-hybridized carbons (Fsp3) is 0.333. The van der Waals surface area contributed by atoms with Crippen molar-refractivity contribution in [2.24, 2.45) is 0 Å². The quantitative estimate of drug-likeness (QED) is 0.837. The van der Waals surface area contributed by atoms with E-state index in [0.717, 1.165) is 29.7 Å². The highest BCUT2D eigenvalue weighted by molar-refractivity contribution is 5.96. The number of benzene rings is 2. The van der Waals surface area contributed by atoms with Crippen molar-refractivity contribution in [1.82, 2.24) is 4.90 Å². The number of aryl methyl sites for hydroxylation is 1. The van der Waals surface area contributed by atoms with Crippen LogP contribution < -0.4 is 5.32 Å². The molecule has 6 heteroatoms. The molecular weight excluding hydrogens is 347 g/mol. The van der Waals surface area contributed by atoms with Gasteiger partial charge in [0.05, 0.1) is 19.2 Å². The second-order valence-electron chi connectivity index (χ2n) is 6.81. The first-order chi connectivity index (χ1) is 12.9. The van der Waals surface area contributed by atoms with Gasteiger partial charge in [-0.1, -0.05) is 12.1 Å². The predicted molar refractivity (Wildman–Crippen MR) is 101 cm³/mol. The summed E-state index contributed by atoms with van der Waals surface area (Å²) in [5.74, 6) is -0.886. The molecule has 3 rings (SSSR count). The summed E-state index contributed by atoms with van der Waals surface area (Å²) in [5.41, 5.74) is 3.88. The summed E-state index contributed by atoms with van der Waals surface area (Å²) in [6.07, 6.45) is 0.782. The Balaban J connectivity index is 1.71. The molecule has 1 heterocycles. The van der Waals surface area contributed by atoms with Gasteiger partial charge in [0, 0.05) is 18.3 Å². The molecule has 2 aromatic carbocycles. The van der Waals surface area contributed by atoms with Crippen LogP contribution in [0.1, 0.15) is 40.0 Å². The van der Waals surface area contributed by atoms with Crippen molar-refractivity contribution in [2.45, 2.75) is 26.3 Å². The first-order valence-corrected chi connectivity index (χ1v) is 8.90. The van der Waals surface area contributed by atoms with E-state index in [1.54, 1.807) is 24.3 Å². The normalized spacial score (nSPS) is 16.5. The van der Waals surface area contributed by atoms with Crippen LogP contribution in [0.15, 0.2) is 36.4 Å². The maximum atomic E-state index is 13.6. The molecule has 0 saturated carbocycles. The Morgan fingerprint density at radius 1 is 1.26 bits per heavy atom. The zero-order chi connectivity index (χ0) is 19.6. The monoisotopic (exact) mass is 370 g/mol. The summed E-state index contributed by atoms with van der Waals surface area (Å²) in [6.45, 7) is 4.76. The molecule has 27 heavy (non-hydrogen) atoms. The second-order valence-corrected chi connectivity index (χ2v) is 6.81. The Kier molecular flexibility index (Phi) is 5.56. The summed E-state index contributed by atoms with van der Waals surface area (Å²) < 4.78 is 18.3. The van der Waals surface area contributed by atoms with Crippen molar-refractivity contribution in [3.05, 3.63) is 64.5 Å². The molecular formula is C21H23FN2O3. The zero-order valence-electron chi connectivity index (χ0n) is 15.7. The topological polar surface area (TPSA) is 58.6 Å². The van der Waals surface area contributed by atoms with Crippen molar-refractivity contribution in [1.29, 1.82) is 0 Å². The molecule has 0 radical (unpaired) electrons. The van der Waals surface area contributed by atoms with Gasteiger partial charge in [0.25, 0.3) is 0 Å². The fourth-order valence-electron chi connectivity index (χ4n) is 3.43. The van der Waals surface area contributed by atoms with Gasteiger partial charge >= 0.3 is 5.97 Å². The number of rotatable bonds is 4. The van der Waals surface area contributed by atoms with Crippen molar-refractivity contribution in [3.63, 3.8) is 0 Å². The number of esters is 1. The third-order valence-electron chi connectivity index (χ3n) is 5.05. The average molecular weight is 370 g/mol. The van der Waals surface area contributed by atoms with E-state index in [4.69, 9.17) is 4.74 Å². The highest BCUT2D eigenvalue weighted by Crippen LogP contribution is 2.29. The number of carbonyl (C=O) groups is 2. The van der Waals surface area contributed by atoms with E-state index in [2.05, 4.69) is 5.32 Å². The maximum Gasteiger partial charge on any atom is 0.337 e. The number of ether oxygens (including phenoxy) is 1. The molecule has 0 fully saturated rings. The van der Waals surface area contributed by atoms with Gasteiger partial charge in [0.15, 0.2) is 0 Å². The lowest BCUT2D eigenvalue weighted by Gasteiger charge is -2.34. The molecule has 142 valence electrons. The Bertz CT molecular complexity index is 882. The van der Waals surface area contributed by atoms with Gasteiger partial charge in [0.1, 0.15) is 5.82 Å². The van der Waals surface area contributed by atoms with Crippen molar-refractivity contribution >= 4 is 17.6 Å². The third-order valence-corrected chi connectivity index (χ3v) is 5.05. The molecule has 0 aliphatic carbocycles. The molecule has 0 spiro atoms. The van der Waals surface area contributed by atoms with E-state index in [-0.39, 0.29) is 24.3 Å². The second kappa shape index (κ2) is 7.88. The number of amides is 1. The van der Waals surface area contributed by atoms with Crippen LogP contribution in [0, 0.1) is 12.7 Å². The Labute approximate surface area is 158 Å². The lowest BCUT2D eigenvalue weighted by atomic mass is 9.93. The van der Waals surface area contributed by atoms with Gasteiger partial charge in [-0.15, -0.1) is 0 Å². The Morgan fingerprint density at radius 3 is 2.78 bits per heavy atom. The smallest absolute Gasteiger partial charge is 0.337 e. The number of anilines is 1. The van der Waals surface area contributed by atoms with Crippen LogP contribution in [0.4, 0.5) is 10.1 Å². The number of hydrogen-bond donors (Lipinski definition) is 1. The number of methoxy groups -OCH3 is 1. The zero-order valence-corrected chi connectivity index (χ0v) is 15.7. The average Bonchev–Trinajstić information content (AvgIpc) is 2.65. The molecule has 0 aromatic heterocycles. The highest BCUT2D eigenvalue weighted by atomic mass is 19.1. The van der Waals surface area contributed by atoms with Crippen LogP contribution in [0.2, 0.25) is 0 Å². The maximum absolute atomic E-state index is 13.6. The molecule has 1 aliphatic heterocycles. The lowest BCUT2D eigenvalue weighted by Crippen LogP contribution is -2.39. The predicted octanol–water partition coefficient (Wildman–Crippen LogP) is 3.48. The minimum Gasteiger partial charge on any atom is -0.465 e. The summed E-state index contributed by atoms with van der Waals surface area (Å²) in [6, 6.07) is 9.85. The summed E-state index contributed by atoms with van der Waals surface area (Å²) >= 11 is 0. The summed E-state index contributed by atoms with van der Waals surface area (Å²) in [5, 5.41) is 2.87. The first kappa shape index (κ1) is 19.0. The number of hydrogen-bond acceptors (Lipinski definition) is 4. The van der Waals surface area contributed by atoms with Crippen molar-refractivity contribution in [3.8, 4) is 0 Å². The SMILES string of the molecule is COC(=O)c1ccc(C)c(NC(=O)CN2CCc3ccc(F)cc3C2C)c1. The van der Waals surface area contributed by atoms with Gasteiger partial charge in [0.2, 0.25) is 5.91 Å². The van der Waals surface area contributed by atoms with E-state index in [9.17, 15) is 14.0 Å². The van der Waals surface area contributed by atoms with Gasteiger partial charge < -0.3 is 10.1 Å². The minimum atomic E-state index is -0.450. The van der Waals surface area contributed by atoms with E-state index in [0.29, 0.717) is 11.3 Å². The Morgan fingerprint density at radius 2 is 2.04 bits per heavy atom. The van der Waals surface area contributed by atoms with Crippen LogP contribution >= 0.6 is 0 Å². The highest BCUT2D eigenvalue weighted by Gasteiger charge is 2.26. The number of carbonyl (C=O) groups excluding carboxylic acids is 2. The molecule has 5 nitrogen and oxygen atoms in total. The van der Waals surface area contributed by atoms with E-state index >= 15 is 0 Å². The molecule has 0 saturated heterocycles. The van der Waals surface area contributed by atoms with Gasteiger partial charge in [-0.05, 0) is 61.2 Å². The van der Waals surface area contributed by atoms with E-state index < -0.39 is 5.97 Å². The summed E-state index contributed by atoms with van der Waals surface area (Å²) in [4.78, 5) is 26.3. The van der Waals surface area contributed by atoms with Gasteiger partial charge in [-0.25, -0.2) is 9.18 Å². The standard InChI is InChI=1S/C21H23FN2O3/c1-13-4-5-16(21(26)27-3)10-19(13)23-20(25)12-24-9-8-15-6-7-17(22)11-18(15)14(24)2/h4-7,10-11,14H,8-9,12H2,1-3H3,(H,23,25). The lowest BCUT2D eigenvalue weighted by molar-refractivity contribution is -0.117. The van der Waals surface area contributed by atoms with E-state index in [1.807, 2.05) is 24.8 Å². The number of nitrogens with zero attached hydrogens (tertiary/aromatic N) is 1. The number of fused-ring (bicyclic) bond motifs is 1. The molecule has 1 atom stereocenters. The largest absolute Gasteiger partial charge is 0.465 e. The van der Waals surface area contributed by atoms with Crippen LogP contribution in [-0.4, -0.2) is 37.0 Å². The van der Waals surface area contributed by atoms with Crippen molar-refractivity contribution < 1.29 is 18.7 Å². The van der Waals surface area contributed by atoms with Crippen LogP contribution in [0.25, 0.3) is 0 Å². The first-order valence-electron chi connectivity index (χ1n) is 8.90. The molecule has 1 unspecified atom stereocenters. The van der Waals surface area contributed by atoms with Gasteiger partial charge in [-0.3, -0.25) is 9.69 Å². The fourth-order valence-corrected chi connectivity index (χ4v) is 3.43. The molecule has 1 N–H and O–H groups in total. The molecule has 2 aromatic rings. The molecule has 1 amide bonds. The molecule has 0 bridgehead atoms. The van der Waals surface area contributed by atoms with Crippen molar-refractivity contribution in [2.75, 3.05) is 25.5 Å². The van der Waals surface area contributed by atoms with Crippen LogP contribution in [0.5, 0.6) is 0 Å². The summed E-state index contributed by atoms with van der Waals surface area (Å²) in [7, 11) is 1.32. The number of nitrogens with one attached hydrogen (secondary N) is 1. The third kappa shape index (κ3) is 4.17.